The maximum atomic E-state index is 11.1. The standard InChI is InChI=1S/C15H24O2.CH4O/c1-9-4-6-12(11(3)15(16)17)8-14-10(2)5-7-13(9)14;1-2/h9-10,12-14H,3-8H2,1-2H3,(H,16,17);2H,1H3. The molecule has 19 heavy (non-hydrogen) atoms. The molecule has 0 aliphatic heterocycles. The van der Waals surface area contributed by atoms with E-state index in [1.54, 1.807) is 0 Å². The van der Waals surface area contributed by atoms with Gasteiger partial charge < -0.3 is 10.2 Å². The first-order valence-electron chi connectivity index (χ1n) is 7.37. The van der Waals surface area contributed by atoms with Gasteiger partial charge in [-0.1, -0.05) is 26.8 Å². The highest BCUT2D eigenvalue weighted by Crippen LogP contribution is 2.49. The summed E-state index contributed by atoms with van der Waals surface area (Å²) in [6.45, 7) is 8.47. The molecule has 0 aromatic heterocycles. The number of hydrogen-bond acceptors (Lipinski definition) is 2. The van der Waals surface area contributed by atoms with Crippen molar-refractivity contribution in [3.05, 3.63) is 12.2 Å². The molecule has 2 aliphatic carbocycles. The summed E-state index contributed by atoms with van der Waals surface area (Å²) in [4.78, 5) is 11.1. The van der Waals surface area contributed by atoms with Gasteiger partial charge in [-0.3, -0.25) is 0 Å². The Morgan fingerprint density at radius 2 is 1.53 bits per heavy atom. The molecule has 2 N–H and O–H groups in total. The van der Waals surface area contributed by atoms with Crippen molar-refractivity contribution in [1.29, 1.82) is 0 Å². The van der Waals surface area contributed by atoms with Gasteiger partial charge >= 0.3 is 5.97 Å². The second kappa shape index (κ2) is 7.09. The molecule has 2 rings (SSSR count). The second-order valence-electron chi connectivity index (χ2n) is 6.20. The van der Waals surface area contributed by atoms with Crippen molar-refractivity contribution < 1.29 is 15.0 Å². The Labute approximate surface area is 116 Å². The van der Waals surface area contributed by atoms with Crippen LogP contribution < -0.4 is 0 Å². The molecule has 5 atom stereocenters. The van der Waals surface area contributed by atoms with Crippen LogP contribution in [0.1, 0.15) is 46.0 Å². The minimum Gasteiger partial charge on any atom is -0.478 e. The Hall–Kier alpha value is -0.830. The second-order valence-corrected chi connectivity index (χ2v) is 6.20. The first-order valence-corrected chi connectivity index (χ1v) is 7.37. The number of fused-ring (bicyclic) bond motifs is 1. The molecule has 2 aliphatic rings. The fourth-order valence-corrected chi connectivity index (χ4v) is 4.03. The predicted octanol–water partition coefficient (Wildman–Crippen LogP) is 3.33. The van der Waals surface area contributed by atoms with Crippen molar-refractivity contribution in [1.82, 2.24) is 0 Å². The van der Waals surface area contributed by atoms with Crippen LogP contribution in [-0.2, 0) is 4.79 Å². The van der Waals surface area contributed by atoms with E-state index in [2.05, 4.69) is 20.4 Å². The van der Waals surface area contributed by atoms with Gasteiger partial charge in [-0.15, -0.1) is 0 Å². The van der Waals surface area contributed by atoms with Gasteiger partial charge in [0, 0.05) is 12.7 Å². The summed E-state index contributed by atoms with van der Waals surface area (Å²) in [7, 11) is 1.00. The largest absolute Gasteiger partial charge is 0.478 e. The van der Waals surface area contributed by atoms with Gasteiger partial charge in [-0.25, -0.2) is 4.79 Å². The summed E-state index contributed by atoms with van der Waals surface area (Å²) < 4.78 is 0. The van der Waals surface area contributed by atoms with E-state index in [0.717, 1.165) is 43.6 Å². The first-order chi connectivity index (χ1) is 9.00. The smallest absolute Gasteiger partial charge is 0.331 e. The van der Waals surface area contributed by atoms with Crippen LogP contribution >= 0.6 is 0 Å². The van der Waals surface area contributed by atoms with Crippen LogP contribution in [-0.4, -0.2) is 23.3 Å². The number of aliphatic hydroxyl groups excluding tert-OH is 1. The molecule has 0 aromatic carbocycles. The Kier molecular flexibility index (Phi) is 6.05. The Bertz CT molecular complexity index is 324. The van der Waals surface area contributed by atoms with Gasteiger partial charge in [0.05, 0.1) is 0 Å². The molecule has 0 aromatic rings. The number of hydrogen-bond donors (Lipinski definition) is 2. The highest BCUT2D eigenvalue weighted by atomic mass is 16.4. The van der Waals surface area contributed by atoms with Crippen molar-refractivity contribution in [3.8, 4) is 0 Å². The molecule has 0 heterocycles. The molecule has 0 amide bonds. The monoisotopic (exact) mass is 268 g/mol. The lowest BCUT2D eigenvalue weighted by Gasteiger charge is -2.26. The summed E-state index contributed by atoms with van der Waals surface area (Å²) in [6.07, 6.45) is 5.92. The van der Waals surface area contributed by atoms with Gasteiger partial charge in [0.15, 0.2) is 0 Å². The number of carbonyl (C=O) groups is 1. The molecule has 0 bridgehead atoms. The fraction of sp³-hybridized carbons (Fsp3) is 0.812. The summed E-state index contributed by atoms with van der Waals surface area (Å²) >= 11 is 0. The van der Waals surface area contributed by atoms with Crippen LogP contribution in [0.15, 0.2) is 12.2 Å². The zero-order chi connectivity index (χ0) is 14.6. The number of aliphatic hydroxyl groups is 1. The normalized spacial score (nSPS) is 37.6. The van der Waals surface area contributed by atoms with Crippen molar-refractivity contribution >= 4 is 5.97 Å². The van der Waals surface area contributed by atoms with Crippen molar-refractivity contribution in [2.24, 2.45) is 29.6 Å². The molecule has 110 valence electrons. The molecule has 2 saturated carbocycles. The van der Waals surface area contributed by atoms with E-state index in [4.69, 9.17) is 10.2 Å². The Morgan fingerprint density at radius 1 is 1.00 bits per heavy atom. The van der Waals surface area contributed by atoms with Crippen molar-refractivity contribution in [2.75, 3.05) is 7.11 Å². The van der Waals surface area contributed by atoms with E-state index in [-0.39, 0.29) is 5.92 Å². The predicted molar refractivity (Wildman–Crippen MR) is 76.8 cm³/mol. The molecule has 0 radical (unpaired) electrons. The average Bonchev–Trinajstić information content (AvgIpc) is 2.67. The van der Waals surface area contributed by atoms with Crippen molar-refractivity contribution in [3.63, 3.8) is 0 Å². The molecular weight excluding hydrogens is 240 g/mol. The highest BCUT2D eigenvalue weighted by molar-refractivity contribution is 5.86. The van der Waals surface area contributed by atoms with Crippen LogP contribution in [0.4, 0.5) is 0 Å². The van der Waals surface area contributed by atoms with Gasteiger partial charge in [0.1, 0.15) is 0 Å². The first kappa shape index (κ1) is 16.2. The summed E-state index contributed by atoms with van der Waals surface area (Å²) in [5.41, 5.74) is 0.442. The van der Waals surface area contributed by atoms with Gasteiger partial charge in [-0.05, 0) is 55.3 Å². The maximum absolute atomic E-state index is 11.1. The Morgan fingerprint density at radius 3 is 2.11 bits per heavy atom. The Balaban J connectivity index is 0.000000861. The molecule has 2 fully saturated rings. The van der Waals surface area contributed by atoms with Crippen LogP contribution in [0.3, 0.4) is 0 Å². The van der Waals surface area contributed by atoms with Crippen LogP contribution in [0.2, 0.25) is 0 Å². The third-order valence-electron chi connectivity index (χ3n) is 5.26. The van der Waals surface area contributed by atoms with Gasteiger partial charge in [-0.2, -0.15) is 0 Å². The lowest BCUT2D eigenvalue weighted by molar-refractivity contribution is -0.133. The van der Waals surface area contributed by atoms with Crippen molar-refractivity contribution in [2.45, 2.75) is 46.0 Å². The van der Waals surface area contributed by atoms with E-state index >= 15 is 0 Å². The zero-order valence-electron chi connectivity index (χ0n) is 12.4. The number of rotatable bonds is 2. The van der Waals surface area contributed by atoms with Gasteiger partial charge in [0.2, 0.25) is 0 Å². The highest BCUT2D eigenvalue weighted by Gasteiger charge is 2.40. The van der Waals surface area contributed by atoms with Crippen LogP contribution in [0.5, 0.6) is 0 Å². The summed E-state index contributed by atoms with van der Waals surface area (Å²) in [5, 5.41) is 16.1. The fourth-order valence-electron chi connectivity index (χ4n) is 4.03. The third kappa shape index (κ3) is 3.59. The molecule has 0 spiro atoms. The molecule has 0 saturated heterocycles. The molecule has 3 nitrogen and oxygen atoms in total. The van der Waals surface area contributed by atoms with Crippen LogP contribution in [0, 0.1) is 29.6 Å². The van der Waals surface area contributed by atoms with Crippen LogP contribution in [0.25, 0.3) is 0 Å². The van der Waals surface area contributed by atoms with E-state index in [9.17, 15) is 4.79 Å². The number of carboxylic acid groups (broad SMARTS) is 1. The SMILES string of the molecule is C=C(C(=O)O)C1CCC(C)C2CCC(C)C2C1.CO. The molecule has 5 unspecified atom stereocenters. The minimum atomic E-state index is -0.799. The summed E-state index contributed by atoms with van der Waals surface area (Å²) in [5.74, 6) is 2.50. The van der Waals surface area contributed by atoms with E-state index in [1.807, 2.05) is 0 Å². The summed E-state index contributed by atoms with van der Waals surface area (Å²) in [6, 6.07) is 0. The van der Waals surface area contributed by atoms with E-state index in [0.29, 0.717) is 5.57 Å². The molecular formula is C16H28O3. The number of aliphatic carboxylic acids is 1. The minimum absolute atomic E-state index is 0.213. The zero-order valence-corrected chi connectivity index (χ0v) is 12.4. The number of carboxylic acids is 1. The van der Waals surface area contributed by atoms with E-state index < -0.39 is 5.97 Å². The third-order valence-corrected chi connectivity index (χ3v) is 5.26. The quantitative estimate of drug-likeness (QED) is 0.755. The maximum Gasteiger partial charge on any atom is 0.331 e. The van der Waals surface area contributed by atoms with E-state index in [1.165, 1.54) is 19.3 Å². The van der Waals surface area contributed by atoms with Gasteiger partial charge in [0.25, 0.3) is 0 Å². The topological polar surface area (TPSA) is 57.5 Å². The molecule has 3 heteroatoms. The lowest BCUT2D eigenvalue weighted by Crippen LogP contribution is -2.20. The average molecular weight is 268 g/mol. The lowest BCUT2D eigenvalue weighted by atomic mass is 9.79.